The second-order valence-electron chi connectivity index (χ2n) is 8.81. The fourth-order valence-electron chi connectivity index (χ4n) is 5.14. The van der Waals surface area contributed by atoms with Crippen LogP contribution in [0.5, 0.6) is 0 Å². The number of para-hydroxylation sites is 1. The van der Waals surface area contributed by atoms with Gasteiger partial charge in [-0.1, -0.05) is 121 Å². The Morgan fingerprint density at radius 3 is 1.75 bits per heavy atom. The zero-order chi connectivity index (χ0) is 28.2. The lowest BCUT2D eigenvalue weighted by Gasteiger charge is -2.18. The second kappa shape index (κ2) is 8.48. The Labute approximate surface area is 217 Å². The first-order valence-electron chi connectivity index (χ1n) is 14.4. The van der Waals surface area contributed by atoms with Crippen molar-refractivity contribution in [2.24, 2.45) is 0 Å². The molecule has 0 bridgehead atoms. The third-order valence-corrected chi connectivity index (χ3v) is 6.73. The lowest BCUT2D eigenvalue weighted by Crippen LogP contribution is -1.91. The van der Waals surface area contributed by atoms with Gasteiger partial charge in [0.15, 0.2) is 0 Å². The van der Waals surface area contributed by atoms with Crippen LogP contribution >= 0.6 is 0 Å². The summed E-state index contributed by atoms with van der Waals surface area (Å²) in [5.41, 5.74) is 5.71. The quantitative estimate of drug-likeness (QED) is 0.238. The molecule has 0 unspecified atom stereocenters. The van der Waals surface area contributed by atoms with Crippen molar-refractivity contribution in [1.82, 2.24) is 4.98 Å². The standard InChI is InChI=1S/C35H23N/c1-2-12-25(13-3-1)34-28-16-5-7-18-30(28)35(31-19-8-6-17-29(31)34)27-15-10-14-26(23-27)33-22-21-24-11-4-9-20-32(24)36-33/h1-23H/i1D,2D,3D,12D,13D. The Bertz CT molecular complexity index is 2080. The number of hydrogen-bond acceptors (Lipinski definition) is 1. The summed E-state index contributed by atoms with van der Waals surface area (Å²) in [6.07, 6.45) is 0. The maximum absolute atomic E-state index is 8.74. The van der Waals surface area contributed by atoms with Crippen LogP contribution in [0, 0.1) is 0 Å². The van der Waals surface area contributed by atoms with Gasteiger partial charge >= 0.3 is 0 Å². The van der Waals surface area contributed by atoms with Gasteiger partial charge in [-0.25, -0.2) is 4.98 Å². The molecular formula is C35H23N. The molecule has 6 aromatic carbocycles. The van der Waals surface area contributed by atoms with Gasteiger partial charge < -0.3 is 0 Å². The Balaban J connectivity index is 1.54. The molecule has 0 spiro atoms. The zero-order valence-corrected chi connectivity index (χ0v) is 19.3. The van der Waals surface area contributed by atoms with Gasteiger partial charge in [0.05, 0.1) is 18.1 Å². The smallest absolute Gasteiger partial charge is 0.0709 e. The van der Waals surface area contributed by atoms with Crippen molar-refractivity contribution in [3.8, 4) is 33.5 Å². The number of pyridine rings is 1. The van der Waals surface area contributed by atoms with Crippen molar-refractivity contribution in [2.75, 3.05) is 0 Å². The van der Waals surface area contributed by atoms with Crippen molar-refractivity contribution >= 4 is 32.4 Å². The van der Waals surface area contributed by atoms with Gasteiger partial charge in [-0.15, -0.1) is 0 Å². The van der Waals surface area contributed by atoms with E-state index in [1.807, 2.05) is 78.9 Å². The van der Waals surface area contributed by atoms with Crippen molar-refractivity contribution in [3.05, 3.63) is 139 Å². The average molecular weight is 463 g/mol. The van der Waals surface area contributed by atoms with E-state index in [0.717, 1.165) is 54.8 Å². The molecular weight excluding hydrogens is 434 g/mol. The molecule has 0 radical (unpaired) electrons. The van der Waals surface area contributed by atoms with Gasteiger partial charge in [-0.3, -0.25) is 0 Å². The summed E-state index contributed by atoms with van der Waals surface area (Å²) < 4.78 is 42.2. The summed E-state index contributed by atoms with van der Waals surface area (Å²) in [4.78, 5) is 4.91. The van der Waals surface area contributed by atoms with Crippen molar-refractivity contribution < 1.29 is 6.85 Å². The predicted octanol–water partition coefficient (Wildman–Crippen LogP) is 9.54. The number of fused-ring (bicyclic) bond motifs is 3. The zero-order valence-electron chi connectivity index (χ0n) is 24.3. The van der Waals surface area contributed by atoms with Gasteiger partial charge in [0.25, 0.3) is 0 Å². The van der Waals surface area contributed by atoms with Crippen molar-refractivity contribution in [3.63, 3.8) is 0 Å². The van der Waals surface area contributed by atoms with Crippen LogP contribution in [0.2, 0.25) is 0 Å². The Kier molecular flexibility index (Phi) is 3.77. The Hall–Kier alpha value is -4.75. The van der Waals surface area contributed by atoms with E-state index in [1.165, 1.54) is 0 Å². The summed E-state index contributed by atoms with van der Waals surface area (Å²) in [5.74, 6) is 0. The minimum Gasteiger partial charge on any atom is -0.248 e. The van der Waals surface area contributed by atoms with E-state index < -0.39 is 6.04 Å². The number of benzene rings is 6. The topological polar surface area (TPSA) is 12.9 Å². The van der Waals surface area contributed by atoms with Crippen LogP contribution in [0.15, 0.2) is 139 Å². The first kappa shape index (κ1) is 16.0. The lowest BCUT2D eigenvalue weighted by atomic mass is 9.85. The molecule has 1 nitrogen and oxygen atoms in total. The van der Waals surface area contributed by atoms with Crippen LogP contribution in [0.1, 0.15) is 6.85 Å². The van der Waals surface area contributed by atoms with Gasteiger partial charge in [0.1, 0.15) is 0 Å². The molecule has 0 N–H and O–H groups in total. The van der Waals surface area contributed by atoms with E-state index in [2.05, 4.69) is 30.3 Å². The summed E-state index contributed by atoms with van der Waals surface area (Å²) in [6, 6.07) is 34.9. The van der Waals surface area contributed by atoms with Crippen LogP contribution < -0.4 is 0 Å². The third kappa shape index (κ3) is 3.37. The Morgan fingerprint density at radius 1 is 0.472 bits per heavy atom. The fraction of sp³-hybridized carbons (Fsp3) is 0. The highest BCUT2D eigenvalue weighted by atomic mass is 14.7. The molecule has 1 heteroatoms. The van der Waals surface area contributed by atoms with E-state index in [4.69, 9.17) is 11.8 Å². The number of rotatable bonds is 3. The minimum absolute atomic E-state index is 0.205. The molecule has 1 aromatic heterocycles. The molecule has 7 aromatic rings. The highest BCUT2D eigenvalue weighted by molar-refractivity contribution is 6.21. The Morgan fingerprint density at radius 2 is 1.06 bits per heavy atom. The predicted molar refractivity (Wildman–Crippen MR) is 153 cm³/mol. The highest BCUT2D eigenvalue weighted by Gasteiger charge is 2.16. The van der Waals surface area contributed by atoms with Crippen molar-refractivity contribution in [1.29, 1.82) is 0 Å². The number of aromatic nitrogens is 1. The molecule has 0 atom stereocenters. The van der Waals surface area contributed by atoms with Crippen LogP contribution in [-0.4, -0.2) is 4.98 Å². The van der Waals surface area contributed by atoms with Gasteiger partial charge in [0, 0.05) is 10.9 Å². The fourth-order valence-corrected chi connectivity index (χ4v) is 5.14. The minimum atomic E-state index is -0.395. The molecule has 0 saturated carbocycles. The first-order chi connectivity index (χ1) is 19.9. The van der Waals surface area contributed by atoms with Crippen LogP contribution in [-0.2, 0) is 0 Å². The molecule has 7 rings (SSSR count). The third-order valence-electron chi connectivity index (χ3n) is 6.73. The average Bonchev–Trinajstić information content (AvgIpc) is 3.02. The van der Waals surface area contributed by atoms with Crippen LogP contribution in [0.3, 0.4) is 0 Å². The van der Waals surface area contributed by atoms with Gasteiger partial charge in [-0.05, 0) is 62.0 Å². The van der Waals surface area contributed by atoms with E-state index in [0.29, 0.717) is 5.56 Å². The second-order valence-corrected chi connectivity index (χ2v) is 8.81. The summed E-state index contributed by atoms with van der Waals surface area (Å²) >= 11 is 0. The highest BCUT2D eigenvalue weighted by Crippen LogP contribution is 2.43. The van der Waals surface area contributed by atoms with E-state index in [-0.39, 0.29) is 29.7 Å². The SMILES string of the molecule is [2H]c1c([2H])c([2H])c(-c2c3ccccc3c(-c3cccc(-c4ccc5ccccc5n4)c3)c3ccccc23)c([2H])c1[2H]. The molecule has 0 aliphatic rings. The number of nitrogens with zero attached hydrogens (tertiary/aromatic N) is 1. The molecule has 0 saturated heterocycles. The summed E-state index contributed by atoms with van der Waals surface area (Å²) in [5, 5.41) is 4.63. The van der Waals surface area contributed by atoms with E-state index >= 15 is 0 Å². The first-order valence-corrected chi connectivity index (χ1v) is 11.9. The number of hydrogen-bond donors (Lipinski definition) is 0. The molecule has 0 aliphatic carbocycles. The lowest BCUT2D eigenvalue weighted by molar-refractivity contribution is 1.40. The van der Waals surface area contributed by atoms with E-state index in [9.17, 15) is 0 Å². The van der Waals surface area contributed by atoms with Crippen LogP contribution in [0.4, 0.5) is 0 Å². The normalized spacial score (nSPS) is 13.3. The van der Waals surface area contributed by atoms with Gasteiger partial charge in [0.2, 0.25) is 0 Å². The van der Waals surface area contributed by atoms with E-state index in [1.54, 1.807) is 0 Å². The summed E-state index contributed by atoms with van der Waals surface area (Å²) in [7, 11) is 0. The van der Waals surface area contributed by atoms with Crippen LogP contribution in [0.25, 0.3) is 66.0 Å². The monoisotopic (exact) mass is 462 g/mol. The maximum atomic E-state index is 8.74. The molecule has 168 valence electrons. The molecule has 0 aliphatic heterocycles. The largest absolute Gasteiger partial charge is 0.248 e. The maximum Gasteiger partial charge on any atom is 0.0709 e. The summed E-state index contributed by atoms with van der Waals surface area (Å²) in [6.45, 7) is 0. The molecule has 0 amide bonds. The molecule has 0 fully saturated rings. The van der Waals surface area contributed by atoms with Crippen molar-refractivity contribution in [2.45, 2.75) is 0 Å². The molecule has 1 heterocycles. The van der Waals surface area contributed by atoms with Gasteiger partial charge in [-0.2, -0.15) is 0 Å². The molecule has 36 heavy (non-hydrogen) atoms.